The molecule has 0 spiro atoms. The SMILES string of the molecule is CC(C1CCCO1)n1c(Cl)nnc1-c1ccccc1. The first-order valence-corrected chi connectivity index (χ1v) is 6.92. The van der Waals surface area contributed by atoms with E-state index in [1.165, 1.54) is 0 Å². The zero-order chi connectivity index (χ0) is 13.2. The Morgan fingerprint density at radius 2 is 2.11 bits per heavy atom. The van der Waals surface area contributed by atoms with Gasteiger partial charge in [-0.3, -0.25) is 4.57 Å². The molecular formula is C14H16ClN3O. The molecule has 4 nitrogen and oxygen atoms in total. The summed E-state index contributed by atoms with van der Waals surface area (Å²) in [5.74, 6) is 0.800. The van der Waals surface area contributed by atoms with Gasteiger partial charge in [0, 0.05) is 12.2 Å². The van der Waals surface area contributed by atoms with Gasteiger partial charge in [-0.25, -0.2) is 0 Å². The van der Waals surface area contributed by atoms with Gasteiger partial charge in [-0.15, -0.1) is 10.2 Å². The van der Waals surface area contributed by atoms with Crippen molar-refractivity contribution in [2.24, 2.45) is 0 Å². The summed E-state index contributed by atoms with van der Waals surface area (Å²) in [6, 6.07) is 10.1. The monoisotopic (exact) mass is 277 g/mol. The van der Waals surface area contributed by atoms with Crippen LogP contribution in [0.4, 0.5) is 0 Å². The van der Waals surface area contributed by atoms with Gasteiger partial charge in [-0.2, -0.15) is 0 Å². The third-order valence-electron chi connectivity index (χ3n) is 3.60. The molecular weight excluding hydrogens is 262 g/mol. The number of halogens is 1. The van der Waals surface area contributed by atoms with E-state index in [1.807, 2.05) is 34.9 Å². The Balaban J connectivity index is 1.99. The quantitative estimate of drug-likeness (QED) is 0.864. The van der Waals surface area contributed by atoms with Gasteiger partial charge in [0.05, 0.1) is 12.1 Å². The van der Waals surface area contributed by atoms with Crippen molar-refractivity contribution in [3.05, 3.63) is 35.6 Å². The van der Waals surface area contributed by atoms with E-state index in [4.69, 9.17) is 16.3 Å². The van der Waals surface area contributed by atoms with Gasteiger partial charge >= 0.3 is 0 Å². The third-order valence-corrected chi connectivity index (χ3v) is 3.85. The Morgan fingerprint density at radius 1 is 1.32 bits per heavy atom. The molecule has 3 rings (SSSR count). The van der Waals surface area contributed by atoms with Gasteiger partial charge in [-0.05, 0) is 31.4 Å². The molecule has 2 unspecified atom stereocenters. The van der Waals surface area contributed by atoms with E-state index in [0.717, 1.165) is 30.8 Å². The molecule has 2 heterocycles. The van der Waals surface area contributed by atoms with Crippen LogP contribution in [0.2, 0.25) is 5.28 Å². The van der Waals surface area contributed by atoms with Crippen LogP contribution in [-0.2, 0) is 4.74 Å². The van der Waals surface area contributed by atoms with Crippen LogP contribution in [-0.4, -0.2) is 27.5 Å². The maximum absolute atomic E-state index is 6.20. The maximum Gasteiger partial charge on any atom is 0.225 e. The molecule has 2 atom stereocenters. The van der Waals surface area contributed by atoms with Crippen molar-refractivity contribution in [1.82, 2.24) is 14.8 Å². The number of aromatic nitrogens is 3. The van der Waals surface area contributed by atoms with Crippen LogP contribution in [0, 0.1) is 0 Å². The molecule has 5 heteroatoms. The fraction of sp³-hybridized carbons (Fsp3) is 0.429. The number of hydrogen-bond acceptors (Lipinski definition) is 3. The van der Waals surface area contributed by atoms with Gasteiger partial charge < -0.3 is 4.74 Å². The van der Waals surface area contributed by atoms with Crippen molar-refractivity contribution in [3.63, 3.8) is 0 Å². The topological polar surface area (TPSA) is 39.9 Å². The highest BCUT2D eigenvalue weighted by molar-refractivity contribution is 6.28. The molecule has 1 aromatic carbocycles. The Bertz CT molecular complexity index is 549. The molecule has 0 amide bonds. The van der Waals surface area contributed by atoms with E-state index in [1.54, 1.807) is 0 Å². The minimum atomic E-state index is 0.139. The first-order valence-electron chi connectivity index (χ1n) is 6.55. The number of nitrogens with zero attached hydrogens (tertiary/aromatic N) is 3. The largest absolute Gasteiger partial charge is 0.376 e. The lowest BCUT2D eigenvalue weighted by molar-refractivity contribution is 0.0737. The molecule has 0 N–H and O–H groups in total. The molecule has 1 aliphatic heterocycles. The molecule has 1 aliphatic rings. The summed E-state index contributed by atoms with van der Waals surface area (Å²) in [6.07, 6.45) is 2.36. The zero-order valence-electron chi connectivity index (χ0n) is 10.8. The fourth-order valence-electron chi connectivity index (χ4n) is 2.57. The van der Waals surface area contributed by atoms with Gasteiger partial charge in [0.2, 0.25) is 5.28 Å². The molecule has 0 bridgehead atoms. The molecule has 100 valence electrons. The van der Waals surface area contributed by atoms with Crippen LogP contribution in [0.3, 0.4) is 0 Å². The van der Waals surface area contributed by atoms with Crippen LogP contribution in [0.15, 0.2) is 30.3 Å². The highest BCUT2D eigenvalue weighted by Crippen LogP contribution is 2.30. The van der Waals surface area contributed by atoms with Crippen LogP contribution >= 0.6 is 11.6 Å². The molecule has 0 radical (unpaired) electrons. The normalized spacial score (nSPS) is 20.6. The van der Waals surface area contributed by atoms with Gasteiger partial charge in [0.15, 0.2) is 5.82 Å². The lowest BCUT2D eigenvalue weighted by atomic mass is 10.1. The van der Waals surface area contributed by atoms with E-state index in [0.29, 0.717) is 5.28 Å². The smallest absolute Gasteiger partial charge is 0.225 e. The summed E-state index contributed by atoms with van der Waals surface area (Å²) in [4.78, 5) is 0. The predicted molar refractivity (Wildman–Crippen MR) is 74.2 cm³/mol. The predicted octanol–water partition coefficient (Wildman–Crippen LogP) is 3.34. The number of ether oxygens (including phenoxy) is 1. The van der Waals surface area contributed by atoms with E-state index in [9.17, 15) is 0 Å². The van der Waals surface area contributed by atoms with Crippen LogP contribution in [0.1, 0.15) is 25.8 Å². The second kappa shape index (κ2) is 5.31. The fourth-order valence-corrected chi connectivity index (χ4v) is 2.84. The number of hydrogen-bond donors (Lipinski definition) is 0. The molecule has 1 aromatic heterocycles. The summed E-state index contributed by atoms with van der Waals surface area (Å²) >= 11 is 6.20. The summed E-state index contributed by atoms with van der Waals surface area (Å²) in [6.45, 7) is 2.94. The molecule has 1 fully saturated rings. The lowest BCUT2D eigenvalue weighted by Crippen LogP contribution is -2.21. The van der Waals surface area contributed by atoms with Crippen molar-refractivity contribution in [3.8, 4) is 11.4 Å². The summed E-state index contributed by atoms with van der Waals surface area (Å²) in [5.41, 5.74) is 1.02. The molecule has 2 aromatic rings. The van der Waals surface area contributed by atoms with Crippen LogP contribution in [0.25, 0.3) is 11.4 Å². The van der Waals surface area contributed by atoms with Crippen molar-refractivity contribution in [1.29, 1.82) is 0 Å². The molecule has 0 saturated carbocycles. The van der Waals surface area contributed by atoms with Gasteiger partial charge in [0.1, 0.15) is 0 Å². The Morgan fingerprint density at radius 3 is 2.79 bits per heavy atom. The highest BCUT2D eigenvalue weighted by atomic mass is 35.5. The molecule has 0 aliphatic carbocycles. The summed E-state index contributed by atoms with van der Waals surface area (Å²) < 4.78 is 7.71. The van der Waals surface area contributed by atoms with E-state index < -0.39 is 0 Å². The Kier molecular flexibility index (Phi) is 3.53. The third kappa shape index (κ3) is 2.38. The maximum atomic E-state index is 6.20. The van der Waals surface area contributed by atoms with E-state index in [2.05, 4.69) is 17.1 Å². The molecule has 1 saturated heterocycles. The zero-order valence-corrected chi connectivity index (χ0v) is 11.5. The number of benzene rings is 1. The number of rotatable bonds is 3. The first-order chi connectivity index (χ1) is 9.27. The van der Waals surface area contributed by atoms with Gasteiger partial charge in [-0.1, -0.05) is 30.3 Å². The minimum Gasteiger partial charge on any atom is -0.376 e. The van der Waals surface area contributed by atoms with Crippen molar-refractivity contribution in [2.75, 3.05) is 6.61 Å². The highest BCUT2D eigenvalue weighted by Gasteiger charge is 2.27. The second-order valence-corrected chi connectivity index (χ2v) is 5.16. The average molecular weight is 278 g/mol. The Labute approximate surface area is 117 Å². The van der Waals surface area contributed by atoms with Crippen molar-refractivity contribution in [2.45, 2.75) is 31.9 Å². The second-order valence-electron chi connectivity index (χ2n) is 4.82. The van der Waals surface area contributed by atoms with Crippen molar-refractivity contribution >= 4 is 11.6 Å². The van der Waals surface area contributed by atoms with E-state index in [-0.39, 0.29) is 12.1 Å². The summed E-state index contributed by atoms with van der Waals surface area (Å²) in [7, 11) is 0. The van der Waals surface area contributed by atoms with Crippen LogP contribution in [0.5, 0.6) is 0 Å². The summed E-state index contributed by atoms with van der Waals surface area (Å²) in [5, 5.41) is 8.63. The standard InChI is InChI=1S/C14H16ClN3O/c1-10(12-8-5-9-19-12)18-13(16-17-14(18)15)11-6-3-2-4-7-11/h2-4,6-7,10,12H,5,8-9H2,1H3. The van der Waals surface area contributed by atoms with Gasteiger partial charge in [0.25, 0.3) is 0 Å². The minimum absolute atomic E-state index is 0.139. The van der Waals surface area contributed by atoms with E-state index >= 15 is 0 Å². The lowest BCUT2D eigenvalue weighted by Gasteiger charge is -2.22. The van der Waals surface area contributed by atoms with Crippen molar-refractivity contribution < 1.29 is 4.74 Å². The Hall–Kier alpha value is -1.39. The van der Waals surface area contributed by atoms with Crippen LogP contribution < -0.4 is 0 Å². The first kappa shape index (κ1) is 12.6. The average Bonchev–Trinajstić information content (AvgIpc) is 3.08. The molecule has 19 heavy (non-hydrogen) atoms.